The second-order valence-electron chi connectivity index (χ2n) is 8.92. The Bertz CT molecular complexity index is 553. The van der Waals surface area contributed by atoms with Gasteiger partial charge in [-0.05, 0) is 31.7 Å². The predicted molar refractivity (Wildman–Crippen MR) is 103 cm³/mol. The molecule has 2 amide bonds. The van der Waals surface area contributed by atoms with Crippen molar-refractivity contribution in [2.24, 2.45) is 23.2 Å². The number of rotatable bonds is 7. The molecular weight excluding hydrogens is 346 g/mol. The van der Waals surface area contributed by atoms with Crippen LogP contribution in [0.2, 0.25) is 0 Å². The molecule has 2 fully saturated rings. The van der Waals surface area contributed by atoms with Crippen molar-refractivity contribution < 1.29 is 19.5 Å². The molecule has 2 saturated heterocycles. The molecule has 2 N–H and O–H groups in total. The molecule has 7 heteroatoms. The second-order valence-corrected chi connectivity index (χ2v) is 8.92. The van der Waals surface area contributed by atoms with Crippen molar-refractivity contribution in [2.75, 3.05) is 39.3 Å². The minimum Gasteiger partial charge on any atom is -0.481 e. The van der Waals surface area contributed by atoms with Crippen molar-refractivity contribution in [1.82, 2.24) is 15.1 Å². The normalized spacial score (nSPS) is 22.6. The summed E-state index contributed by atoms with van der Waals surface area (Å²) in [6.45, 7) is 11.5. The molecule has 2 aliphatic heterocycles. The van der Waals surface area contributed by atoms with Crippen LogP contribution in [0.15, 0.2) is 0 Å². The van der Waals surface area contributed by atoms with Crippen LogP contribution in [0, 0.1) is 23.2 Å². The Morgan fingerprint density at radius 3 is 2.30 bits per heavy atom. The first-order valence-corrected chi connectivity index (χ1v) is 10.2. The Balaban J connectivity index is 1.91. The predicted octanol–water partition coefficient (Wildman–Crippen LogP) is 1.43. The summed E-state index contributed by atoms with van der Waals surface area (Å²) >= 11 is 0. The lowest BCUT2D eigenvalue weighted by Crippen LogP contribution is -2.50. The third kappa shape index (κ3) is 5.43. The largest absolute Gasteiger partial charge is 0.481 e. The van der Waals surface area contributed by atoms with E-state index in [0.29, 0.717) is 38.4 Å². The molecule has 0 radical (unpaired) electrons. The van der Waals surface area contributed by atoms with E-state index in [1.807, 2.05) is 0 Å². The molecule has 1 unspecified atom stereocenters. The maximum Gasteiger partial charge on any atom is 0.308 e. The fourth-order valence-electron chi connectivity index (χ4n) is 4.21. The van der Waals surface area contributed by atoms with Crippen molar-refractivity contribution in [3.63, 3.8) is 0 Å². The molecule has 7 nitrogen and oxygen atoms in total. The number of carboxylic acids is 1. The first-order valence-electron chi connectivity index (χ1n) is 10.2. The summed E-state index contributed by atoms with van der Waals surface area (Å²) in [5.41, 5.74) is -0.235. The van der Waals surface area contributed by atoms with Crippen LogP contribution in [0.25, 0.3) is 0 Å². The first kappa shape index (κ1) is 21.7. The molecule has 0 aromatic carbocycles. The lowest BCUT2D eigenvalue weighted by atomic mass is 9.71. The third-order valence-corrected chi connectivity index (χ3v) is 6.09. The lowest BCUT2D eigenvalue weighted by molar-refractivity contribution is -0.146. The van der Waals surface area contributed by atoms with Gasteiger partial charge in [0.25, 0.3) is 0 Å². The highest BCUT2D eigenvalue weighted by Crippen LogP contribution is 2.45. The van der Waals surface area contributed by atoms with Gasteiger partial charge in [0.2, 0.25) is 11.8 Å². The molecule has 154 valence electrons. The molecule has 0 aromatic rings. The maximum atomic E-state index is 12.4. The van der Waals surface area contributed by atoms with E-state index >= 15 is 0 Å². The van der Waals surface area contributed by atoms with Crippen LogP contribution in [-0.4, -0.2) is 72.0 Å². The average molecular weight is 382 g/mol. The first-order chi connectivity index (χ1) is 12.6. The summed E-state index contributed by atoms with van der Waals surface area (Å²) in [6.07, 6.45) is 2.50. The Hall–Kier alpha value is -1.63. The van der Waals surface area contributed by atoms with Crippen LogP contribution >= 0.6 is 0 Å². The summed E-state index contributed by atoms with van der Waals surface area (Å²) in [6, 6.07) is 0. The van der Waals surface area contributed by atoms with Gasteiger partial charge in [0, 0.05) is 37.5 Å². The minimum atomic E-state index is -0.717. The van der Waals surface area contributed by atoms with Crippen LogP contribution < -0.4 is 5.32 Å². The minimum absolute atomic E-state index is 0.0207. The van der Waals surface area contributed by atoms with E-state index in [2.05, 4.69) is 24.1 Å². The smallest absolute Gasteiger partial charge is 0.308 e. The van der Waals surface area contributed by atoms with Crippen LogP contribution in [0.3, 0.4) is 0 Å². The Morgan fingerprint density at radius 2 is 1.78 bits per heavy atom. The summed E-state index contributed by atoms with van der Waals surface area (Å²) in [5.74, 6) is -0.826. The van der Waals surface area contributed by atoms with Gasteiger partial charge in [0.15, 0.2) is 0 Å². The van der Waals surface area contributed by atoms with Crippen molar-refractivity contribution in [1.29, 1.82) is 0 Å². The number of nitrogens with one attached hydrogen (secondary N) is 1. The summed E-state index contributed by atoms with van der Waals surface area (Å²) < 4.78 is 0. The molecule has 0 aromatic heterocycles. The number of carbonyl (C=O) groups is 3. The molecular formula is C20H35N3O4. The Morgan fingerprint density at radius 1 is 1.15 bits per heavy atom. The van der Waals surface area contributed by atoms with Crippen molar-refractivity contribution in [2.45, 2.75) is 47.0 Å². The standard InChI is InChI=1S/C20H35N3O4/c1-14(2)5-8-22-12-16(19(26)27)20(13-22)6-9-23(10-7-20)17(24)11-21-18(25)15(3)4/h14-16H,5-13H2,1-4H3,(H,21,25)(H,26,27). The van der Waals surface area contributed by atoms with E-state index < -0.39 is 5.97 Å². The molecule has 0 saturated carbocycles. The molecule has 0 bridgehead atoms. The van der Waals surface area contributed by atoms with Crippen LogP contribution in [-0.2, 0) is 14.4 Å². The van der Waals surface area contributed by atoms with Gasteiger partial charge in [-0.25, -0.2) is 0 Å². The molecule has 1 spiro atoms. The van der Waals surface area contributed by atoms with Gasteiger partial charge in [-0.1, -0.05) is 27.7 Å². The zero-order chi connectivity index (χ0) is 20.2. The molecule has 27 heavy (non-hydrogen) atoms. The van der Waals surface area contributed by atoms with E-state index in [9.17, 15) is 19.5 Å². The SMILES string of the molecule is CC(C)CCN1CC(C(=O)O)C2(CCN(C(=O)CNC(=O)C(C)C)CC2)C1. The summed E-state index contributed by atoms with van der Waals surface area (Å²) in [4.78, 5) is 39.9. The van der Waals surface area contributed by atoms with Gasteiger partial charge in [-0.2, -0.15) is 0 Å². The Labute approximate surface area is 162 Å². The van der Waals surface area contributed by atoms with Gasteiger partial charge >= 0.3 is 5.97 Å². The quantitative estimate of drug-likeness (QED) is 0.696. The summed E-state index contributed by atoms with van der Waals surface area (Å²) in [7, 11) is 0. The zero-order valence-electron chi connectivity index (χ0n) is 17.2. The Kier molecular flexibility index (Phi) is 7.25. The van der Waals surface area contributed by atoms with Gasteiger partial charge in [0.05, 0.1) is 12.5 Å². The third-order valence-electron chi connectivity index (χ3n) is 6.09. The number of likely N-dealkylation sites (tertiary alicyclic amines) is 2. The molecule has 0 aliphatic carbocycles. The number of hydrogen-bond donors (Lipinski definition) is 2. The van der Waals surface area contributed by atoms with Crippen LogP contribution in [0.1, 0.15) is 47.0 Å². The molecule has 2 rings (SSSR count). The van der Waals surface area contributed by atoms with Crippen LogP contribution in [0.4, 0.5) is 0 Å². The maximum absolute atomic E-state index is 12.4. The molecule has 1 atom stereocenters. The fraction of sp³-hybridized carbons (Fsp3) is 0.850. The van der Waals surface area contributed by atoms with E-state index in [-0.39, 0.29) is 35.6 Å². The summed E-state index contributed by atoms with van der Waals surface area (Å²) in [5, 5.41) is 12.4. The number of amides is 2. The highest BCUT2D eigenvalue weighted by molar-refractivity contribution is 5.85. The highest BCUT2D eigenvalue weighted by Gasteiger charge is 2.51. The van der Waals surface area contributed by atoms with Crippen molar-refractivity contribution in [3.8, 4) is 0 Å². The zero-order valence-corrected chi connectivity index (χ0v) is 17.2. The number of nitrogens with zero attached hydrogens (tertiary/aromatic N) is 2. The molecule has 2 aliphatic rings. The van der Waals surface area contributed by atoms with Gasteiger partial charge < -0.3 is 20.2 Å². The van der Waals surface area contributed by atoms with E-state index in [1.165, 1.54) is 0 Å². The lowest BCUT2D eigenvalue weighted by Gasteiger charge is -2.41. The average Bonchev–Trinajstić information content (AvgIpc) is 2.96. The van der Waals surface area contributed by atoms with Crippen LogP contribution in [0.5, 0.6) is 0 Å². The molecule has 2 heterocycles. The topological polar surface area (TPSA) is 90.0 Å². The van der Waals surface area contributed by atoms with E-state index in [1.54, 1.807) is 18.7 Å². The number of aliphatic carboxylic acids is 1. The fourth-order valence-corrected chi connectivity index (χ4v) is 4.21. The van der Waals surface area contributed by atoms with E-state index in [0.717, 1.165) is 19.5 Å². The number of carbonyl (C=O) groups excluding carboxylic acids is 2. The highest BCUT2D eigenvalue weighted by atomic mass is 16.4. The van der Waals surface area contributed by atoms with Gasteiger partial charge in [-0.15, -0.1) is 0 Å². The second kappa shape index (κ2) is 9.04. The van der Waals surface area contributed by atoms with Crippen molar-refractivity contribution in [3.05, 3.63) is 0 Å². The van der Waals surface area contributed by atoms with Gasteiger partial charge in [0.1, 0.15) is 0 Å². The van der Waals surface area contributed by atoms with Crippen molar-refractivity contribution >= 4 is 17.8 Å². The van der Waals surface area contributed by atoms with E-state index in [4.69, 9.17) is 0 Å². The van der Waals surface area contributed by atoms with Gasteiger partial charge in [-0.3, -0.25) is 14.4 Å². The number of carboxylic acid groups (broad SMARTS) is 1. The number of piperidine rings is 1. The monoisotopic (exact) mass is 381 g/mol. The number of hydrogen-bond acceptors (Lipinski definition) is 4.